The first-order valence-corrected chi connectivity index (χ1v) is 9.82. The Bertz CT molecular complexity index is 1200. The molecule has 0 saturated heterocycles. The van der Waals surface area contributed by atoms with Crippen LogP contribution in [0.2, 0.25) is 0 Å². The molecular formula is C24H22N4O4. The van der Waals surface area contributed by atoms with Crippen LogP contribution in [0.15, 0.2) is 72.9 Å². The lowest BCUT2D eigenvalue weighted by Gasteiger charge is -2.14. The number of aromatic nitrogens is 3. The molecular weight excluding hydrogens is 408 g/mol. The number of anilines is 1. The molecule has 8 heteroatoms. The van der Waals surface area contributed by atoms with Crippen LogP contribution in [0.1, 0.15) is 10.4 Å². The molecule has 0 bridgehead atoms. The van der Waals surface area contributed by atoms with Crippen LogP contribution in [0.4, 0.5) is 5.69 Å². The molecule has 1 aromatic heterocycles. The minimum Gasteiger partial charge on any atom is -0.493 e. The molecule has 0 radical (unpaired) electrons. The van der Waals surface area contributed by atoms with Crippen LogP contribution in [0.25, 0.3) is 16.9 Å². The van der Waals surface area contributed by atoms with Gasteiger partial charge in [-0.3, -0.25) is 4.79 Å². The Hall–Kier alpha value is -4.33. The molecule has 0 atom stereocenters. The van der Waals surface area contributed by atoms with Crippen LogP contribution in [0.3, 0.4) is 0 Å². The first kappa shape index (κ1) is 20.9. The number of amides is 1. The van der Waals surface area contributed by atoms with Gasteiger partial charge in [0.05, 0.1) is 38.9 Å². The number of benzene rings is 3. The Balaban J connectivity index is 1.56. The van der Waals surface area contributed by atoms with Gasteiger partial charge in [-0.05, 0) is 36.4 Å². The van der Waals surface area contributed by atoms with Crippen LogP contribution in [-0.2, 0) is 0 Å². The van der Waals surface area contributed by atoms with E-state index in [1.807, 2.05) is 54.6 Å². The smallest absolute Gasteiger partial charge is 0.255 e. The minimum absolute atomic E-state index is 0.303. The van der Waals surface area contributed by atoms with Gasteiger partial charge in [0.1, 0.15) is 0 Å². The molecule has 1 N–H and O–H groups in total. The van der Waals surface area contributed by atoms with Crippen molar-refractivity contribution in [3.63, 3.8) is 0 Å². The molecule has 0 unspecified atom stereocenters. The zero-order chi connectivity index (χ0) is 22.5. The van der Waals surface area contributed by atoms with Crippen molar-refractivity contribution in [1.29, 1.82) is 0 Å². The molecule has 0 aliphatic carbocycles. The van der Waals surface area contributed by atoms with E-state index >= 15 is 0 Å². The van der Waals surface area contributed by atoms with Gasteiger partial charge in [-0.25, -0.2) is 4.68 Å². The van der Waals surface area contributed by atoms with Gasteiger partial charge in [0.15, 0.2) is 11.5 Å². The molecule has 0 aliphatic rings. The molecule has 0 aliphatic heterocycles. The number of hydrogen-bond acceptors (Lipinski definition) is 6. The van der Waals surface area contributed by atoms with E-state index in [9.17, 15) is 4.79 Å². The van der Waals surface area contributed by atoms with E-state index < -0.39 is 0 Å². The zero-order valence-electron chi connectivity index (χ0n) is 17.9. The molecule has 0 spiro atoms. The monoisotopic (exact) mass is 430 g/mol. The van der Waals surface area contributed by atoms with E-state index in [0.29, 0.717) is 28.5 Å². The van der Waals surface area contributed by atoms with Gasteiger partial charge in [-0.15, -0.1) is 5.10 Å². The molecule has 0 fully saturated rings. The largest absolute Gasteiger partial charge is 0.493 e. The summed E-state index contributed by atoms with van der Waals surface area (Å²) >= 11 is 0. The zero-order valence-corrected chi connectivity index (χ0v) is 17.9. The normalized spacial score (nSPS) is 10.5. The van der Waals surface area contributed by atoms with Crippen molar-refractivity contribution in [3.05, 3.63) is 78.5 Å². The fourth-order valence-electron chi connectivity index (χ4n) is 3.33. The van der Waals surface area contributed by atoms with Crippen molar-refractivity contribution in [1.82, 2.24) is 15.0 Å². The molecule has 162 valence electrons. The highest BCUT2D eigenvalue weighted by atomic mass is 16.5. The summed E-state index contributed by atoms with van der Waals surface area (Å²) in [4.78, 5) is 12.8. The molecule has 8 nitrogen and oxygen atoms in total. The fourth-order valence-corrected chi connectivity index (χ4v) is 3.33. The van der Waals surface area contributed by atoms with Crippen molar-refractivity contribution in [3.8, 4) is 34.2 Å². The molecule has 32 heavy (non-hydrogen) atoms. The number of ether oxygens (including phenoxy) is 3. The molecule has 1 amide bonds. The first-order valence-electron chi connectivity index (χ1n) is 9.82. The van der Waals surface area contributed by atoms with Crippen molar-refractivity contribution in [2.75, 3.05) is 26.6 Å². The summed E-state index contributed by atoms with van der Waals surface area (Å²) < 4.78 is 17.7. The maximum absolute atomic E-state index is 12.8. The quantitative estimate of drug-likeness (QED) is 0.473. The number of rotatable bonds is 7. The summed E-state index contributed by atoms with van der Waals surface area (Å²) in [6, 6.07) is 20.5. The van der Waals surface area contributed by atoms with Crippen molar-refractivity contribution < 1.29 is 19.0 Å². The molecule has 4 aromatic rings. The predicted octanol–water partition coefficient (Wildman–Crippen LogP) is 4.21. The number of nitrogens with one attached hydrogen (secondary N) is 1. The lowest BCUT2D eigenvalue weighted by atomic mass is 10.1. The maximum Gasteiger partial charge on any atom is 0.255 e. The second kappa shape index (κ2) is 9.22. The molecule has 4 rings (SSSR count). The number of hydrogen-bond donors (Lipinski definition) is 1. The number of carbonyl (C=O) groups is 1. The third kappa shape index (κ3) is 4.11. The van der Waals surface area contributed by atoms with Gasteiger partial charge in [-0.2, -0.15) is 0 Å². The predicted molar refractivity (Wildman–Crippen MR) is 121 cm³/mol. The topological polar surface area (TPSA) is 87.5 Å². The van der Waals surface area contributed by atoms with E-state index in [1.54, 1.807) is 23.0 Å². The third-order valence-electron chi connectivity index (χ3n) is 4.92. The minimum atomic E-state index is -0.303. The van der Waals surface area contributed by atoms with E-state index in [4.69, 9.17) is 14.2 Å². The second-order valence-electron chi connectivity index (χ2n) is 6.81. The standard InChI is InChI=1S/C24H22N4O4/c1-30-21-13-17(14-22(31-2)23(21)32-3)24(29)26-18-9-11-19(12-10-18)28-20(15-25-27-28)16-7-5-4-6-8-16/h4-15H,1-3H3,(H,26,29). The average Bonchev–Trinajstić information content (AvgIpc) is 3.34. The number of nitrogens with zero attached hydrogens (tertiary/aromatic N) is 3. The van der Waals surface area contributed by atoms with E-state index in [1.165, 1.54) is 21.3 Å². The van der Waals surface area contributed by atoms with Crippen LogP contribution < -0.4 is 19.5 Å². The SMILES string of the molecule is COc1cc(C(=O)Nc2ccc(-n3nncc3-c3ccccc3)cc2)cc(OC)c1OC. The van der Waals surface area contributed by atoms with Crippen LogP contribution >= 0.6 is 0 Å². The Morgan fingerprint density at radius 1 is 0.875 bits per heavy atom. The highest BCUT2D eigenvalue weighted by Gasteiger charge is 2.17. The molecule has 1 heterocycles. The van der Waals surface area contributed by atoms with Gasteiger partial charge in [0.2, 0.25) is 5.75 Å². The highest BCUT2D eigenvalue weighted by Crippen LogP contribution is 2.38. The Labute approximate surface area is 185 Å². The van der Waals surface area contributed by atoms with E-state index in [-0.39, 0.29) is 5.91 Å². The third-order valence-corrected chi connectivity index (χ3v) is 4.92. The number of methoxy groups -OCH3 is 3. The second-order valence-corrected chi connectivity index (χ2v) is 6.81. The van der Waals surface area contributed by atoms with E-state index in [2.05, 4.69) is 15.6 Å². The lowest BCUT2D eigenvalue weighted by molar-refractivity contribution is 0.102. The fraction of sp³-hybridized carbons (Fsp3) is 0.125. The summed E-state index contributed by atoms with van der Waals surface area (Å²) in [5.41, 5.74) is 3.73. The lowest BCUT2D eigenvalue weighted by Crippen LogP contribution is -2.12. The van der Waals surface area contributed by atoms with Crippen LogP contribution in [0.5, 0.6) is 17.2 Å². The van der Waals surface area contributed by atoms with Crippen molar-refractivity contribution >= 4 is 11.6 Å². The maximum atomic E-state index is 12.8. The van der Waals surface area contributed by atoms with Gasteiger partial charge in [-0.1, -0.05) is 35.5 Å². The van der Waals surface area contributed by atoms with E-state index in [0.717, 1.165) is 16.9 Å². The summed E-state index contributed by atoms with van der Waals surface area (Å²) in [5, 5.41) is 11.1. The summed E-state index contributed by atoms with van der Waals surface area (Å²) in [6.07, 6.45) is 1.72. The highest BCUT2D eigenvalue weighted by molar-refractivity contribution is 6.05. The van der Waals surface area contributed by atoms with Crippen LogP contribution in [0, 0.1) is 0 Å². The average molecular weight is 430 g/mol. The van der Waals surface area contributed by atoms with Crippen LogP contribution in [-0.4, -0.2) is 42.2 Å². The Kier molecular flexibility index (Phi) is 6.03. The Morgan fingerprint density at radius 2 is 1.53 bits per heavy atom. The summed E-state index contributed by atoms with van der Waals surface area (Å²) in [7, 11) is 4.52. The van der Waals surface area contributed by atoms with Crippen molar-refractivity contribution in [2.45, 2.75) is 0 Å². The summed E-state index contributed by atoms with van der Waals surface area (Å²) in [5.74, 6) is 0.944. The molecule has 0 saturated carbocycles. The molecule has 3 aromatic carbocycles. The van der Waals surface area contributed by atoms with Gasteiger partial charge in [0, 0.05) is 16.8 Å². The first-order chi connectivity index (χ1) is 15.6. The Morgan fingerprint density at radius 3 is 2.12 bits per heavy atom. The van der Waals surface area contributed by atoms with Gasteiger partial charge >= 0.3 is 0 Å². The number of carbonyl (C=O) groups excluding carboxylic acids is 1. The van der Waals surface area contributed by atoms with Crippen molar-refractivity contribution in [2.24, 2.45) is 0 Å². The van der Waals surface area contributed by atoms with Gasteiger partial charge < -0.3 is 19.5 Å². The van der Waals surface area contributed by atoms with Gasteiger partial charge in [0.25, 0.3) is 5.91 Å². The summed E-state index contributed by atoms with van der Waals surface area (Å²) in [6.45, 7) is 0.